The minimum atomic E-state index is -0.288. The van der Waals surface area contributed by atoms with Crippen LogP contribution in [0, 0.1) is 11.7 Å². The maximum Gasteiger partial charge on any atom is 0.338 e. The lowest BCUT2D eigenvalue weighted by molar-refractivity contribution is 0.0526. The van der Waals surface area contributed by atoms with Crippen LogP contribution in [0.5, 0.6) is 0 Å². The molecule has 128 valence electrons. The van der Waals surface area contributed by atoms with Crippen molar-refractivity contribution in [3.8, 4) is 0 Å². The maximum absolute atomic E-state index is 13.3. The molecule has 4 rings (SSSR count). The number of hydrogen-bond acceptors (Lipinski definition) is 3. The van der Waals surface area contributed by atoms with E-state index in [4.69, 9.17) is 4.74 Å². The molecule has 1 aliphatic heterocycles. The summed E-state index contributed by atoms with van der Waals surface area (Å²) in [5.74, 6) is 0.0979. The average molecular weight is 337 g/mol. The smallest absolute Gasteiger partial charge is 0.338 e. The third-order valence-electron chi connectivity index (χ3n) is 5.10. The van der Waals surface area contributed by atoms with Crippen molar-refractivity contribution >= 4 is 11.7 Å². The van der Waals surface area contributed by atoms with Gasteiger partial charge in [0.05, 0.1) is 18.2 Å². The second kappa shape index (κ2) is 6.36. The highest BCUT2D eigenvalue weighted by Gasteiger charge is 2.38. The van der Waals surface area contributed by atoms with Crippen LogP contribution < -0.4 is 5.32 Å². The maximum atomic E-state index is 13.3. The fourth-order valence-electron chi connectivity index (χ4n) is 3.94. The molecule has 1 N–H and O–H groups in total. The fraction of sp³-hybridized carbons (Fsp3) is 0.286. The summed E-state index contributed by atoms with van der Waals surface area (Å²) in [6.45, 7) is 2.17. The van der Waals surface area contributed by atoms with Crippen LogP contribution in [0.15, 0.2) is 54.6 Å². The second-order valence-corrected chi connectivity index (χ2v) is 6.55. The molecule has 0 spiro atoms. The summed E-state index contributed by atoms with van der Waals surface area (Å²) in [6.07, 6.45) is 5.37. The summed E-state index contributed by atoms with van der Waals surface area (Å²) in [5, 5.41) is 3.59. The summed E-state index contributed by atoms with van der Waals surface area (Å²) in [7, 11) is 0. The number of fused-ring (bicyclic) bond motifs is 3. The number of allylic oxidation sites excluding steroid dienone is 2. The lowest BCUT2D eigenvalue weighted by atomic mass is 9.76. The molecule has 0 unspecified atom stereocenters. The van der Waals surface area contributed by atoms with Gasteiger partial charge in [-0.05, 0) is 60.7 Å². The fourth-order valence-corrected chi connectivity index (χ4v) is 3.94. The van der Waals surface area contributed by atoms with Gasteiger partial charge in [0.2, 0.25) is 0 Å². The van der Waals surface area contributed by atoms with Crippen LogP contribution in [0.25, 0.3) is 0 Å². The number of carbonyl (C=O) groups excluding carboxylic acids is 1. The van der Waals surface area contributed by atoms with Crippen molar-refractivity contribution in [2.24, 2.45) is 5.92 Å². The minimum absolute atomic E-state index is 0.126. The molecule has 3 atom stereocenters. The van der Waals surface area contributed by atoms with Crippen molar-refractivity contribution in [1.82, 2.24) is 0 Å². The first kappa shape index (κ1) is 15.9. The minimum Gasteiger partial charge on any atom is -0.462 e. The Bertz CT molecular complexity index is 828. The molecule has 2 aliphatic rings. The molecule has 0 saturated carbocycles. The van der Waals surface area contributed by atoms with Crippen LogP contribution in [0.4, 0.5) is 10.1 Å². The van der Waals surface area contributed by atoms with Gasteiger partial charge >= 0.3 is 5.97 Å². The van der Waals surface area contributed by atoms with Crippen LogP contribution in [0.3, 0.4) is 0 Å². The Kier molecular flexibility index (Phi) is 4.04. The SMILES string of the molecule is CCOC(=O)c1ccc2c(c1)[C@H]1C=CC[C@H]1[C@@H](c1ccc(F)cc1)N2. The summed E-state index contributed by atoms with van der Waals surface area (Å²) >= 11 is 0. The molecule has 4 heteroatoms. The number of esters is 1. The molecular weight excluding hydrogens is 317 g/mol. The summed E-state index contributed by atoms with van der Waals surface area (Å²) in [5.41, 5.74) is 3.82. The molecule has 0 amide bonds. The topological polar surface area (TPSA) is 38.3 Å². The van der Waals surface area contributed by atoms with E-state index in [1.807, 2.05) is 24.3 Å². The van der Waals surface area contributed by atoms with E-state index < -0.39 is 0 Å². The van der Waals surface area contributed by atoms with E-state index in [1.165, 1.54) is 12.1 Å². The van der Waals surface area contributed by atoms with Crippen molar-refractivity contribution in [2.75, 3.05) is 11.9 Å². The molecule has 0 radical (unpaired) electrons. The highest BCUT2D eigenvalue weighted by Crippen LogP contribution is 2.49. The Balaban J connectivity index is 1.71. The predicted molar refractivity (Wildman–Crippen MR) is 95.2 cm³/mol. The van der Waals surface area contributed by atoms with Gasteiger partial charge in [0.25, 0.3) is 0 Å². The Morgan fingerprint density at radius 1 is 1.24 bits per heavy atom. The molecule has 2 aromatic carbocycles. The largest absolute Gasteiger partial charge is 0.462 e. The van der Waals surface area contributed by atoms with Gasteiger partial charge in [-0.15, -0.1) is 0 Å². The average Bonchev–Trinajstić information content (AvgIpc) is 3.11. The number of halogens is 1. The van der Waals surface area contributed by atoms with Crippen molar-refractivity contribution in [3.05, 3.63) is 77.1 Å². The number of nitrogens with one attached hydrogen (secondary N) is 1. The van der Waals surface area contributed by atoms with Crippen LogP contribution >= 0.6 is 0 Å². The van der Waals surface area contributed by atoms with E-state index in [-0.39, 0.29) is 23.7 Å². The lowest BCUT2D eigenvalue weighted by Gasteiger charge is -2.37. The molecule has 0 fully saturated rings. The van der Waals surface area contributed by atoms with Gasteiger partial charge in [0.15, 0.2) is 0 Å². The van der Waals surface area contributed by atoms with Crippen LogP contribution in [-0.2, 0) is 4.74 Å². The zero-order chi connectivity index (χ0) is 17.4. The van der Waals surface area contributed by atoms with Gasteiger partial charge in [0, 0.05) is 11.6 Å². The molecule has 2 aromatic rings. The zero-order valence-electron chi connectivity index (χ0n) is 14.0. The van der Waals surface area contributed by atoms with Gasteiger partial charge in [-0.1, -0.05) is 24.3 Å². The number of anilines is 1. The molecule has 25 heavy (non-hydrogen) atoms. The summed E-state index contributed by atoms with van der Waals surface area (Å²) in [6, 6.07) is 12.5. The molecular formula is C21H20FNO2. The van der Waals surface area contributed by atoms with Gasteiger partial charge < -0.3 is 10.1 Å². The highest BCUT2D eigenvalue weighted by atomic mass is 19.1. The zero-order valence-corrected chi connectivity index (χ0v) is 14.0. The van der Waals surface area contributed by atoms with Crippen molar-refractivity contribution in [1.29, 1.82) is 0 Å². The van der Waals surface area contributed by atoms with Crippen LogP contribution in [0.1, 0.15) is 46.8 Å². The third-order valence-corrected chi connectivity index (χ3v) is 5.10. The van der Waals surface area contributed by atoms with Crippen LogP contribution in [0.2, 0.25) is 0 Å². The van der Waals surface area contributed by atoms with Gasteiger partial charge in [-0.3, -0.25) is 0 Å². The Morgan fingerprint density at radius 3 is 2.80 bits per heavy atom. The first-order valence-electron chi connectivity index (χ1n) is 8.67. The van der Waals surface area contributed by atoms with E-state index in [2.05, 4.69) is 17.5 Å². The number of carbonyl (C=O) groups is 1. The Hall–Kier alpha value is -2.62. The first-order chi connectivity index (χ1) is 12.2. The van der Waals surface area contributed by atoms with Crippen molar-refractivity contribution < 1.29 is 13.9 Å². The molecule has 1 heterocycles. The monoisotopic (exact) mass is 337 g/mol. The van der Waals surface area contributed by atoms with Crippen molar-refractivity contribution in [2.45, 2.75) is 25.3 Å². The lowest BCUT2D eigenvalue weighted by Crippen LogP contribution is -2.29. The van der Waals surface area contributed by atoms with E-state index in [0.717, 1.165) is 23.2 Å². The standard InChI is InChI=1S/C21H20FNO2/c1-2-25-21(24)14-8-11-19-18(12-14)16-4-3-5-17(16)20(23-19)13-6-9-15(22)10-7-13/h3-4,6-12,16-17,20,23H,2,5H2,1H3/t16-,17+,20+/m0/s1. The number of ether oxygens (including phenoxy) is 1. The number of rotatable bonds is 3. The molecule has 0 bridgehead atoms. The number of benzene rings is 2. The third kappa shape index (κ3) is 2.82. The second-order valence-electron chi connectivity index (χ2n) is 6.55. The Labute approximate surface area is 146 Å². The van der Waals surface area contributed by atoms with Crippen LogP contribution in [-0.4, -0.2) is 12.6 Å². The molecule has 0 aromatic heterocycles. The van der Waals surface area contributed by atoms with Gasteiger partial charge in [-0.2, -0.15) is 0 Å². The van der Waals surface area contributed by atoms with Gasteiger partial charge in [-0.25, -0.2) is 9.18 Å². The Morgan fingerprint density at radius 2 is 2.04 bits per heavy atom. The number of hydrogen-bond donors (Lipinski definition) is 1. The van der Waals surface area contributed by atoms with E-state index >= 15 is 0 Å². The normalized spacial score (nSPS) is 23.5. The van der Waals surface area contributed by atoms with Gasteiger partial charge in [0.1, 0.15) is 5.82 Å². The van der Waals surface area contributed by atoms with E-state index in [0.29, 0.717) is 18.1 Å². The summed E-state index contributed by atoms with van der Waals surface area (Å²) < 4.78 is 18.4. The highest BCUT2D eigenvalue weighted by molar-refractivity contribution is 5.90. The van der Waals surface area contributed by atoms with E-state index in [1.54, 1.807) is 13.0 Å². The first-order valence-corrected chi connectivity index (χ1v) is 8.67. The quantitative estimate of drug-likeness (QED) is 0.644. The molecule has 0 saturated heterocycles. The predicted octanol–water partition coefficient (Wildman–Crippen LogP) is 4.83. The van der Waals surface area contributed by atoms with E-state index in [9.17, 15) is 9.18 Å². The molecule has 3 nitrogen and oxygen atoms in total. The molecule has 1 aliphatic carbocycles. The van der Waals surface area contributed by atoms with Crippen molar-refractivity contribution in [3.63, 3.8) is 0 Å². The summed E-state index contributed by atoms with van der Waals surface area (Å²) in [4.78, 5) is 12.0.